The van der Waals surface area contributed by atoms with Gasteiger partial charge >= 0.3 is 29.6 Å². The number of carbonyl (C=O) groups excluding carboxylic acids is 1. The molecule has 0 spiro atoms. The number of nitrogens with one attached hydrogen (secondary N) is 1. The molecule has 4 rings (SSSR count). The first-order valence-electron chi connectivity index (χ1n) is 22.5. The van der Waals surface area contributed by atoms with Crippen LogP contribution in [-0.2, 0) is 64.9 Å². The molecule has 1 aliphatic carbocycles. The van der Waals surface area contributed by atoms with Crippen molar-refractivity contribution in [3.63, 3.8) is 0 Å². The summed E-state index contributed by atoms with van der Waals surface area (Å²) in [6, 6.07) is 12.0. The van der Waals surface area contributed by atoms with E-state index in [-0.39, 0.29) is 71.5 Å². The van der Waals surface area contributed by atoms with Gasteiger partial charge in [0.25, 0.3) is 30.4 Å². The summed E-state index contributed by atoms with van der Waals surface area (Å²) in [4.78, 5) is 13.5. The largest absolute Gasteiger partial charge is 1.00 e. The van der Waals surface area contributed by atoms with Gasteiger partial charge in [-0.15, -0.1) is 0 Å². The SMILES string of the molecule is COCCOCCOCCOCC[N+](CCCS(=O)(=O)O)=c1ccc2c(C(C)(C)C)cc(/C=C/C=C3/N(CCCCCC(=O)NN)c4ccc(S(=O)(=O)O)cc4C3(C)CCCS(=O)(=O)O)oc-2c1.[Na+]. The normalized spacial score (nSPS) is 16.6. The monoisotopic (exact) mass is 1040 g/mol. The molecule has 0 saturated heterocycles. The van der Waals surface area contributed by atoms with Gasteiger partial charge in [-0.05, 0) is 91.6 Å². The molecule has 1 unspecified atom stereocenters. The van der Waals surface area contributed by atoms with Crippen molar-refractivity contribution in [3.8, 4) is 11.3 Å². The van der Waals surface area contributed by atoms with Crippen molar-refractivity contribution in [2.24, 2.45) is 5.84 Å². The number of benzene rings is 2. The molecule has 0 bridgehead atoms. The van der Waals surface area contributed by atoms with Crippen LogP contribution in [0.15, 0.2) is 69.6 Å². The van der Waals surface area contributed by atoms with Gasteiger partial charge in [-0.2, -0.15) is 25.3 Å². The molecule has 1 aromatic carbocycles. The van der Waals surface area contributed by atoms with Crippen molar-refractivity contribution >= 4 is 48.0 Å². The molecule has 1 aromatic rings. The number of carbonyl (C=O) groups is 1. The van der Waals surface area contributed by atoms with Crippen LogP contribution in [0.25, 0.3) is 17.4 Å². The average molecular weight is 1040 g/mol. The van der Waals surface area contributed by atoms with E-state index in [1.54, 1.807) is 25.3 Å². The molecule has 6 N–H and O–H groups in total. The molecule has 2 aliphatic heterocycles. The van der Waals surface area contributed by atoms with Gasteiger partial charge < -0.3 is 28.3 Å². The van der Waals surface area contributed by atoms with E-state index < -0.39 is 47.3 Å². The second kappa shape index (κ2) is 27.7. The number of ether oxygens (including phenoxy) is 4. The third-order valence-corrected chi connectivity index (χ3v) is 14.0. The minimum atomic E-state index is -4.61. The molecule has 0 aromatic heterocycles. The fraction of sp³-hybridized carbons (Fsp3) is 0.565. The maximum Gasteiger partial charge on any atom is 1.00 e. The van der Waals surface area contributed by atoms with E-state index in [9.17, 15) is 43.7 Å². The molecule has 0 saturated carbocycles. The minimum absolute atomic E-state index is 0. The quantitative estimate of drug-likeness (QED) is 0.0126. The summed E-state index contributed by atoms with van der Waals surface area (Å²) in [6.45, 7) is 12.0. The molecular weight excluding hydrogens is 968 g/mol. The molecular formula is C46H69N4NaO15S3+2. The second-order valence-electron chi connectivity index (χ2n) is 17.8. The molecule has 69 heavy (non-hydrogen) atoms. The fourth-order valence-electron chi connectivity index (χ4n) is 8.10. The number of rotatable bonds is 29. The maximum atomic E-state index is 12.4. The zero-order valence-electron chi connectivity index (χ0n) is 40.6. The predicted octanol–water partition coefficient (Wildman–Crippen LogP) is 1.57. The predicted molar refractivity (Wildman–Crippen MR) is 259 cm³/mol. The van der Waals surface area contributed by atoms with Crippen molar-refractivity contribution in [1.82, 2.24) is 10.0 Å². The number of hydrazine groups is 1. The van der Waals surface area contributed by atoms with Crippen LogP contribution in [-0.4, -0.2) is 129 Å². The molecule has 380 valence electrons. The van der Waals surface area contributed by atoms with Crippen molar-refractivity contribution in [2.45, 2.75) is 88.4 Å². The van der Waals surface area contributed by atoms with Crippen LogP contribution in [0, 0.1) is 0 Å². The topological polar surface area (TPSA) is 275 Å². The van der Waals surface area contributed by atoms with Crippen LogP contribution < -0.4 is 55.7 Å². The zero-order valence-corrected chi connectivity index (χ0v) is 45.1. The number of allylic oxidation sites excluding steroid dienone is 3. The fourth-order valence-corrected chi connectivity index (χ4v) is 9.61. The average Bonchev–Trinajstić information content (AvgIpc) is 3.48. The van der Waals surface area contributed by atoms with Crippen LogP contribution in [0.5, 0.6) is 0 Å². The molecule has 1 atom stereocenters. The van der Waals surface area contributed by atoms with Crippen LogP contribution in [0.4, 0.5) is 5.69 Å². The van der Waals surface area contributed by atoms with Gasteiger partial charge in [0.15, 0.2) is 6.54 Å². The van der Waals surface area contributed by atoms with E-state index in [1.165, 1.54) is 12.1 Å². The Balaban J connectivity index is 0.0000126. The van der Waals surface area contributed by atoms with E-state index in [0.29, 0.717) is 114 Å². The first-order chi connectivity index (χ1) is 32.0. The number of nitrogens with zero attached hydrogens (tertiary/aromatic N) is 2. The Morgan fingerprint density at radius 2 is 1.46 bits per heavy atom. The van der Waals surface area contributed by atoms with Gasteiger partial charge in [0, 0.05) is 54.9 Å². The number of amides is 1. The van der Waals surface area contributed by atoms with E-state index in [1.807, 2.05) is 46.7 Å². The van der Waals surface area contributed by atoms with E-state index in [2.05, 4.69) is 26.2 Å². The third kappa shape index (κ3) is 19.5. The summed E-state index contributed by atoms with van der Waals surface area (Å²) in [5.41, 5.74) is 4.53. The first-order valence-corrected chi connectivity index (χ1v) is 27.2. The first kappa shape index (κ1) is 60.2. The summed E-state index contributed by atoms with van der Waals surface area (Å²) >= 11 is 0. The number of unbranched alkanes of at least 4 members (excludes halogenated alkanes) is 2. The summed E-state index contributed by atoms with van der Waals surface area (Å²) in [5, 5.41) is 0.737. The molecule has 0 fully saturated rings. The van der Waals surface area contributed by atoms with Gasteiger partial charge in [0.05, 0.1) is 62.1 Å². The second-order valence-corrected chi connectivity index (χ2v) is 22.3. The van der Waals surface area contributed by atoms with Crippen molar-refractivity contribution in [1.29, 1.82) is 0 Å². The Morgan fingerprint density at radius 1 is 0.826 bits per heavy atom. The summed E-state index contributed by atoms with van der Waals surface area (Å²) in [6.07, 6.45) is 7.89. The van der Waals surface area contributed by atoms with Gasteiger partial charge in [0.1, 0.15) is 24.7 Å². The summed E-state index contributed by atoms with van der Waals surface area (Å²) < 4.78 is 131. The van der Waals surface area contributed by atoms with Crippen LogP contribution in [0.2, 0.25) is 0 Å². The standard InChI is InChI=1S/C46H68N4O15S3.Na/c1-45(2,3)39-33-36(65-42-32-35(15-17-38(39)42)49(20-11-31-67(55,56)57)22-23-62-26-27-64-29-28-63-25-24-61-5)12-9-13-43-46(4,19-10-30-66(52,53)54)40-34-37(68(58,59)60)16-18-41(40)50(43)21-8-6-7-14-44(51)48-47;/h9,12-13,15-18,32-34H,6-8,10-11,14,19-31,47H2,1-5H3,(H3-,48,51,52,53,54,55,56,57,58,59,60);/q;+1/p+1. The Hall–Kier alpha value is -3.07. The van der Waals surface area contributed by atoms with E-state index >= 15 is 0 Å². The van der Waals surface area contributed by atoms with Gasteiger partial charge in [-0.1, -0.05) is 33.3 Å². The van der Waals surface area contributed by atoms with Crippen LogP contribution in [0.1, 0.15) is 89.5 Å². The number of hydrogen-bond acceptors (Lipinski definition) is 14. The maximum absolute atomic E-state index is 12.4. The zero-order chi connectivity index (χ0) is 50.2. The van der Waals surface area contributed by atoms with E-state index in [0.717, 1.165) is 16.5 Å². The van der Waals surface area contributed by atoms with Crippen molar-refractivity contribution in [2.75, 3.05) is 89.4 Å². The smallest absolute Gasteiger partial charge is 0.456 e. The Morgan fingerprint density at radius 3 is 2.07 bits per heavy atom. The number of methoxy groups -OCH3 is 1. The number of fused-ring (bicyclic) bond motifs is 2. The van der Waals surface area contributed by atoms with Gasteiger partial charge in [-0.25, -0.2) is 10.4 Å². The molecule has 23 heteroatoms. The van der Waals surface area contributed by atoms with E-state index in [4.69, 9.17) is 29.2 Å². The van der Waals surface area contributed by atoms with Crippen molar-refractivity contribution in [3.05, 3.63) is 82.6 Å². The molecule has 0 radical (unpaired) electrons. The molecule has 2 heterocycles. The Bertz CT molecular complexity index is 2600. The number of anilines is 1. The summed E-state index contributed by atoms with van der Waals surface area (Å²) in [5.74, 6) is 5.06. The third-order valence-electron chi connectivity index (χ3n) is 11.5. The molecule has 1 amide bonds. The van der Waals surface area contributed by atoms with Crippen LogP contribution in [0.3, 0.4) is 0 Å². The van der Waals surface area contributed by atoms with Gasteiger partial charge in [0.2, 0.25) is 11.3 Å². The molecule has 3 aliphatic rings. The summed E-state index contributed by atoms with van der Waals surface area (Å²) in [7, 11) is -11.5. The minimum Gasteiger partial charge on any atom is -0.456 e. The molecule has 19 nitrogen and oxygen atoms in total. The number of nitrogens with two attached hydrogens (primary N) is 1. The van der Waals surface area contributed by atoms with Crippen LogP contribution >= 0.6 is 0 Å². The number of hydrogen-bond donors (Lipinski definition) is 5. The van der Waals surface area contributed by atoms with Gasteiger partial charge in [-0.3, -0.25) is 23.9 Å². The van der Waals surface area contributed by atoms with Crippen molar-refractivity contribution < 1.29 is 96.6 Å². The Labute approximate surface area is 429 Å². The Kier molecular flexibility index (Phi) is 24.2.